The third kappa shape index (κ3) is 4.77. The van der Waals surface area contributed by atoms with E-state index in [1.165, 1.54) is 14.2 Å². The first kappa shape index (κ1) is 16.5. The van der Waals surface area contributed by atoms with E-state index in [2.05, 4.69) is 29.4 Å². The fraction of sp³-hybridized carbons (Fsp3) is 0.182. The van der Waals surface area contributed by atoms with Gasteiger partial charge in [-0.15, -0.1) is 0 Å². The maximum Gasteiger partial charge on any atom is 0.254 e. The van der Waals surface area contributed by atoms with Crippen LogP contribution in [-0.2, 0) is 0 Å². The number of rotatable bonds is 2. The minimum atomic E-state index is -0.675. The van der Waals surface area contributed by atoms with E-state index in [1.807, 2.05) is 0 Å². The molecule has 0 amide bonds. The van der Waals surface area contributed by atoms with Crippen LogP contribution in [0.15, 0.2) is 12.4 Å². The van der Waals surface area contributed by atoms with Crippen LogP contribution in [0.3, 0.4) is 0 Å². The van der Waals surface area contributed by atoms with Gasteiger partial charge in [0.25, 0.3) is 11.8 Å². The first-order valence-corrected chi connectivity index (χ1v) is 5.58. The van der Waals surface area contributed by atoms with E-state index in [0.717, 1.165) is 12.4 Å². The average Bonchev–Trinajstić information content (AvgIpc) is 2.51. The molecule has 0 atom stereocenters. The number of nitriles is 1. The Hall–Kier alpha value is -2.60. The SMILES string of the molecule is COc1nc(C#N)ncc1F.COc1nc(Cl)ncc1F. The van der Waals surface area contributed by atoms with Crippen LogP contribution in [0.4, 0.5) is 8.78 Å². The van der Waals surface area contributed by atoms with Crippen molar-refractivity contribution in [3.8, 4) is 17.8 Å². The zero-order chi connectivity index (χ0) is 15.8. The molecular formula is C11H8ClF2N5O2. The molecule has 21 heavy (non-hydrogen) atoms. The van der Waals surface area contributed by atoms with Crippen molar-refractivity contribution in [2.45, 2.75) is 0 Å². The zero-order valence-electron chi connectivity index (χ0n) is 10.8. The Bertz CT molecular complexity index is 666. The first-order chi connectivity index (χ1) is 10.0. The van der Waals surface area contributed by atoms with E-state index >= 15 is 0 Å². The number of hydrogen-bond acceptors (Lipinski definition) is 7. The van der Waals surface area contributed by atoms with Gasteiger partial charge >= 0.3 is 0 Å². The van der Waals surface area contributed by atoms with Gasteiger partial charge in [0.05, 0.1) is 26.6 Å². The van der Waals surface area contributed by atoms with Crippen LogP contribution in [0, 0.1) is 23.0 Å². The fourth-order valence-electron chi connectivity index (χ4n) is 1.02. The Labute approximate surface area is 123 Å². The lowest BCUT2D eigenvalue weighted by Crippen LogP contribution is -1.96. The summed E-state index contributed by atoms with van der Waals surface area (Å²) in [6, 6.07) is 1.66. The lowest BCUT2D eigenvalue weighted by molar-refractivity contribution is 0.366. The predicted octanol–water partition coefficient (Wildman–Crippen LogP) is 1.77. The summed E-state index contributed by atoms with van der Waals surface area (Å²) in [6.45, 7) is 0. The molecule has 2 heterocycles. The Morgan fingerprint density at radius 3 is 2.05 bits per heavy atom. The molecule has 0 N–H and O–H groups in total. The smallest absolute Gasteiger partial charge is 0.254 e. The Morgan fingerprint density at radius 2 is 1.57 bits per heavy atom. The molecule has 0 radical (unpaired) electrons. The Kier molecular flexibility index (Phi) is 6.16. The van der Waals surface area contributed by atoms with Gasteiger partial charge in [0.15, 0.2) is 0 Å². The molecule has 7 nitrogen and oxygen atoms in total. The highest BCUT2D eigenvalue weighted by atomic mass is 35.5. The van der Waals surface area contributed by atoms with E-state index < -0.39 is 11.6 Å². The minimum Gasteiger partial charge on any atom is -0.479 e. The van der Waals surface area contributed by atoms with Gasteiger partial charge in [0, 0.05) is 0 Å². The Morgan fingerprint density at radius 1 is 1.05 bits per heavy atom. The first-order valence-electron chi connectivity index (χ1n) is 5.20. The molecule has 0 fully saturated rings. The quantitative estimate of drug-likeness (QED) is 0.779. The number of hydrogen-bond donors (Lipinski definition) is 0. The van der Waals surface area contributed by atoms with Crippen molar-refractivity contribution in [1.82, 2.24) is 19.9 Å². The van der Waals surface area contributed by atoms with Gasteiger partial charge in [-0.25, -0.2) is 9.97 Å². The molecule has 2 rings (SSSR count). The zero-order valence-corrected chi connectivity index (χ0v) is 11.6. The summed E-state index contributed by atoms with van der Waals surface area (Å²) in [5.41, 5.74) is 0. The van der Waals surface area contributed by atoms with E-state index in [1.54, 1.807) is 6.07 Å². The monoisotopic (exact) mass is 315 g/mol. The molecule has 0 aromatic carbocycles. The van der Waals surface area contributed by atoms with Gasteiger partial charge in [0.2, 0.25) is 22.7 Å². The van der Waals surface area contributed by atoms with Crippen LogP contribution in [0.5, 0.6) is 11.8 Å². The van der Waals surface area contributed by atoms with Crippen LogP contribution >= 0.6 is 11.6 Å². The molecule has 0 unspecified atom stereocenters. The maximum atomic E-state index is 12.5. The van der Waals surface area contributed by atoms with Gasteiger partial charge in [-0.1, -0.05) is 0 Å². The highest BCUT2D eigenvalue weighted by Gasteiger charge is 2.05. The third-order valence-corrected chi connectivity index (χ3v) is 2.06. The molecule has 0 spiro atoms. The van der Waals surface area contributed by atoms with Crippen molar-refractivity contribution in [2.24, 2.45) is 0 Å². The highest BCUT2D eigenvalue weighted by Crippen LogP contribution is 2.13. The lowest BCUT2D eigenvalue weighted by Gasteiger charge is -1.97. The van der Waals surface area contributed by atoms with Crippen LogP contribution in [0.25, 0.3) is 0 Å². The predicted molar refractivity (Wildman–Crippen MR) is 66.8 cm³/mol. The second-order valence-electron chi connectivity index (χ2n) is 3.16. The topological polar surface area (TPSA) is 93.8 Å². The van der Waals surface area contributed by atoms with Crippen molar-refractivity contribution < 1.29 is 18.3 Å². The summed E-state index contributed by atoms with van der Waals surface area (Å²) >= 11 is 5.33. The largest absolute Gasteiger partial charge is 0.479 e. The van der Waals surface area contributed by atoms with Crippen molar-refractivity contribution in [3.05, 3.63) is 35.1 Å². The number of halogens is 3. The van der Waals surface area contributed by atoms with Crippen LogP contribution in [-0.4, -0.2) is 34.2 Å². The summed E-state index contributed by atoms with van der Waals surface area (Å²) in [5.74, 6) is -1.75. The summed E-state index contributed by atoms with van der Waals surface area (Å²) in [5, 5.41) is 8.27. The number of aromatic nitrogens is 4. The summed E-state index contributed by atoms with van der Waals surface area (Å²) in [7, 11) is 2.58. The number of methoxy groups -OCH3 is 2. The molecule has 0 bridgehead atoms. The summed E-state index contributed by atoms with van der Waals surface area (Å²) in [4.78, 5) is 13.7. The second kappa shape index (κ2) is 7.86. The van der Waals surface area contributed by atoms with Gasteiger partial charge in [-0.3, -0.25) is 0 Å². The Balaban J connectivity index is 0.000000211. The summed E-state index contributed by atoms with van der Waals surface area (Å²) in [6.07, 6.45) is 1.85. The minimum absolute atomic E-state index is 0.0294. The fourth-order valence-corrected chi connectivity index (χ4v) is 1.15. The molecule has 2 aromatic heterocycles. The van der Waals surface area contributed by atoms with Gasteiger partial charge < -0.3 is 9.47 Å². The van der Waals surface area contributed by atoms with E-state index in [-0.39, 0.29) is 22.9 Å². The second-order valence-corrected chi connectivity index (χ2v) is 3.50. The molecular weight excluding hydrogens is 308 g/mol. The summed E-state index contributed by atoms with van der Waals surface area (Å²) < 4.78 is 34.0. The standard InChI is InChI=1S/C6H4FN3O.C5H4ClFN2O/c1-11-6-4(7)3-9-5(2-8)10-6;1-10-4-3(7)2-8-5(6)9-4/h3H,1H3;2H,1H3. The average molecular weight is 316 g/mol. The van der Waals surface area contributed by atoms with Crippen LogP contribution in [0.2, 0.25) is 5.28 Å². The molecule has 0 aliphatic rings. The van der Waals surface area contributed by atoms with Crippen molar-refractivity contribution in [1.29, 1.82) is 5.26 Å². The maximum absolute atomic E-state index is 12.5. The van der Waals surface area contributed by atoms with E-state index in [0.29, 0.717) is 0 Å². The van der Waals surface area contributed by atoms with E-state index in [9.17, 15) is 8.78 Å². The number of ether oxygens (including phenoxy) is 2. The molecule has 0 saturated carbocycles. The van der Waals surface area contributed by atoms with Gasteiger partial charge in [-0.2, -0.15) is 24.0 Å². The third-order valence-electron chi connectivity index (χ3n) is 1.88. The lowest BCUT2D eigenvalue weighted by atomic mass is 10.5. The van der Waals surface area contributed by atoms with Crippen molar-refractivity contribution in [3.63, 3.8) is 0 Å². The van der Waals surface area contributed by atoms with Crippen molar-refractivity contribution >= 4 is 11.6 Å². The van der Waals surface area contributed by atoms with Crippen LogP contribution in [0.1, 0.15) is 5.82 Å². The molecule has 0 saturated heterocycles. The molecule has 2 aromatic rings. The van der Waals surface area contributed by atoms with Crippen LogP contribution < -0.4 is 9.47 Å². The molecule has 0 aliphatic heterocycles. The van der Waals surface area contributed by atoms with Gasteiger partial charge in [-0.05, 0) is 11.6 Å². The normalized spacial score (nSPS) is 9.14. The molecule has 110 valence electrons. The van der Waals surface area contributed by atoms with Gasteiger partial charge in [0.1, 0.15) is 6.07 Å². The molecule has 0 aliphatic carbocycles. The van der Waals surface area contributed by atoms with Crippen molar-refractivity contribution in [2.75, 3.05) is 14.2 Å². The highest BCUT2D eigenvalue weighted by molar-refractivity contribution is 6.28. The van der Waals surface area contributed by atoms with E-state index in [4.69, 9.17) is 16.9 Å². The molecule has 10 heteroatoms. The number of nitrogens with zero attached hydrogens (tertiary/aromatic N) is 5.